The quantitative estimate of drug-likeness (QED) is 0.588. The summed E-state index contributed by atoms with van der Waals surface area (Å²) in [4.78, 5) is 27.1. The van der Waals surface area contributed by atoms with Crippen molar-refractivity contribution in [3.63, 3.8) is 0 Å². The summed E-state index contributed by atoms with van der Waals surface area (Å²) in [6.07, 6.45) is 8.51. The molecule has 4 rings (SSSR count). The molecule has 1 atom stereocenters. The lowest BCUT2D eigenvalue weighted by Gasteiger charge is -2.25. The van der Waals surface area contributed by atoms with Gasteiger partial charge in [-0.25, -0.2) is 4.79 Å². The number of anilines is 1. The molecule has 0 aromatic carbocycles. The van der Waals surface area contributed by atoms with Crippen LogP contribution in [0.15, 0.2) is 35.1 Å². The van der Waals surface area contributed by atoms with Gasteiger partial charge in [0, 0.05) is 30.5 Å². The van der Waals surface area contributed by atoms with Crippen molar-refractivity contribution in [1.29, 1.82) is 5.26 Å². The molecule has 0 radical (unpaired) electrons. The normalized spacial score (nSPS) is 17.9. The molecule has 1 aliphatic heterocycles. The summed E-state index contributed by atoms with van der Waals surface area (Å²) in [7, 11) is 0. The first kappa shape index (κ1) is 19.4. The van der Waals surface area contributed by atoms with Gasteiger partial charge >= 0.3 is 6.09 Å². The van der Waals surface area contributed by atoms with Gasteiger partial charge in [0.15, 0.2) is 0 Å². The minimum Gasteiger partial charge on any atom is -0.446 e. The maximum Gasteiger partial charge on any atom is 0.410 e. The average Bonchev–Trinajstić information content (AvgIpc) is 3.46. The predicted molar refractivity (Wildman–Crippen MR) is 114 cm³/mol. The van der Waals surface area contributed by atoms with Crippen LogP contribution in [0, 0.1) is 11.3 Å². The lowest BCUT2D eigenvalue weighted by atomic mass is 9.94. The fourth-order valence-electron chi connectivity index (χ4n) is 3.40. The second-order valence-corrected chi connectivity index (χ2v) is 8.71. The van der Waals surface area contributed by atoms with E-state index in [2.05, 4.69) is 11.4 Å². The van der Waals surface area contributed by atoms with Gasteiger partial charge in [-0.1, -0.05) is 12.2 Å². The molecule has 6 nitrogen and oxygen atoms in total. The molecule has 0 saturated heterocycles. The molecular weight excluding hydrogens is 406 g/mol. The SMILES string of the molecule is N#Cc1c(NC(=O)C=Cc2ccsc2)sc2c1CCC(OC(=O)N1CC=CC1)C2. The first-order chi connectivity index (χ1) is 14.1. The van der Waals surface area contributed by atoms with E-state index >= 15 is 0 Å². The van der Waals surface area contributed by atoms with Crippen LogP contribution in [0.25, 0.3) is 6.08 Å². The molecule has 3 heterocycles. The van der Waals surface area contributed by atoms with Crippen molar-refractivity contribution in [3.8, 4) is 6.07 Å². The molecule has 8 heteroatoms. The molecule has 0 fully saturated rings. The van der Waals surface area contributed by atoms with E-state index in [0.29, 0.717) is 42.9 Å². The second kappa shape index (κ2) is 8.64. The van der Waals surface area contributed by atoms with Gasteiger partial charge in [-0.15, -0.1) is 11.3 Å². The van der Waals surface area contributed by atoms with Crippen LogP contribution in [0.3, 0.4) is 0 Å². The third-order valence-corrected chi connectivity index (χ3v) is 6.75. The maximum atomic E-state index is 12.3. The topological polar surface area (TPSA) is 82.4 Å². The molecule has 2 aromatic heterocycles. The van der Waals surface area contributed by atoms with Crippen molar-refractivity contribution in [2.45, 2.75) is 25.4 Å². The number of thiophene rings is 2. The molecule has 2 aliphatic rings. The zero-order chi connectivity index (χ0) is 20.2. The Hall–Kier alpha value is -2.89. The number of nitriles is 1. The number of nitrogens with one attached hydrogen (secondary N) is 1. The number of fused-ring (bicyclic) bond motifs is 1. The van der Waals surface area contributed by atoms with Crippen LogP contribution in [-0.4, -0.2) is 36.1 Å². The summed E-state index contributed by atoms with van der Waals surface area (Å²) < 4.78 is 5.65. The molecule has 0 saturated carbocycles. The Morgan fingerprint density at radius 3 is 2.90 bits per heavy atom. The summed E-state index contributed by atoms with van der Waals surface area (Å²) in [6.45, 7) is 1.17. The van der Waals surface area contributed by atoms with Crippen molar-refractivity contribution in [3.05, 3.63) is 56.6 Å². The molecule has 0 spiro atoms. The summed E-state index contributed by atoms with van der Waals surface area (Å²) >= 11 is 2.96. The van der Waals surface area contributed by atoms with E-state index < -0.39 is 0 Å². The summed E-state index contributed by atoms with van der Waals surface area (Å²) in [5.41, 5.74) is 2.45. The highest BCUT2D eigenvalue weighted by Crippen LogP contribution is 2.38. The number of rotatable bonds is 4. The Morgan fingerprint density at radius 2 is 2.17 bits per heavy atom. The van der Waals surface area contributed by atoms with Gasteiger partial charge in [0.05, 0.1) is 5.56 Å². The highest BCUT2D eigenvalue weighted by molar-refractivity contribution is 7.16. The summed E-state index contributed by atoms with van der Waals surface area (Å²) in [5, 5.41) is 16.9. The van der Waals surface area contributed by atoms with E-state index in [4.69, 9.17) is 4.74 Å². The molecule has 148 valence electrons. The predicted octanol–water partition coefficient (Wildman–Crippen LogP) is 4.20. The van der Waals surface area contributed by atoms with E-state index in [0.717, 1.165) is 16.0 Å². The van der Waals surface area contributed by atoms with Crippen molar-refractivity contribution in [2.75, 3.05) is 18.4 Å². The monoisotopic (exact) mass is 425 g/mol. The van der Waals surface area contributed by atoms with E-state index in [9.17, 15) is 14.9 Å². The van der Waals surface area contributed by atoms with Crippen LogP contribution in [-0.2, 0) is 22.4 Å². The molecule has 1 N–H and O–H groups in total. The number of hydrogen-bond donors (Lipinski definition) is 1. The minimum absolute atomic E-state index is 0.206. The number of nitrogens with zero attached hydrogens (tertiary/aromatic N) is 2. The zero-order valence-electron chi connectivity index (χ0n) is 15.6. The Morgan fingerprint density at radius 1 is 1.34 bits per heavy atom. The van der Waals surface area contributed by atoms with Crippen LogP contribution < -0.4 is 5.32 Å². The van der Waals surface area contributed by atoms with Crippen LogP contribution in [0.1, 0.15) is 28.0 Å². The molecule has 2 amide bonds. The van der Waals surface area contributed by atoms with E-state index in [-0.39, 0.29) is 18.1 Å². The maximum absolute atomic E-state index is 12.3. The third-order valence-electron chi connectivity index (χ3n) is 4.88. The molecule has 1 aliphatic carbocycles. The summed E-state index contributed by atoms with van der Waals surface area (Å²) in [5.74, 6) is -0.268. The van der Waals surface area contributed by atoms with Gasteiger partial charge in [-0.3, -0.25) is 4.79 Å². The fourth-order valence-corrected chi connectivity index (χ4v) is 5.30. The lowest BCUT2D eigenvalue weighted by molar-refractivity contribution is -0.111. The highest BCUT2D eigenvalue weighted by atomic mass is 32.1. The van der Waals surface area contributed by atoms with Crippen molar-refractivity contribution >= 4 is 45.8 Å². The van der Waals surface area contributed by atoms with Gasteiger partial charge in [-0.05, 0) is 46.9 Å². The number of carbonyl (C=O) groups is 2. The van der Waals surface area contributed by atoms with E-state index in [1.165, 1.54) is 17.4 Å². The third kappa shape index (κ3) is 4.42. The first-order valence-electron chi connectivity index (χ1n) is 9.30. The van der Waals surface area contributed by atoms with Gasteiger partial charge in [0.25, 0.3) is 0 Å². The lowest BCUT2D eigenvalue weighted by Crippen LogP contribution is -2.34. The summed E-state index contributed by atoms with van der Waals surface area (Å²) in [6, 6.07) is 4.16. The van der Waals surface area contributed by atoms with Crippen molar-refractivity contribution in [1.82, 2.24) is 4.90 Å². The Kier molecular flexibility index (Phi) is 5.79. The Bertz CT molecular complexity index is 1010. The molecule has 29 heavy (non-hydrogen) atoms. The smallest absolute Gasteiger partial charge is 0.410 e. The Labute approximate surface area is 176 Å². The van der Waals surface area contributed by atoms with E-state index in [1.54, 1.807) is 22.3 Å². The van der Waals surface area contributed by atoms with Gasteiger partial charge < -0.3 is 15.0 Å². The number of carbonyl (C=O) groups excluding carboxylic acids is 2. The molecular formula is C21H19N3O3S2. The van der Waals surface area contributed by atoms with Crippen molar-refractivity contribution in [2.24, 2.45) is 0 Å². The second-order valence-electron chi connectivity index (χ2n) is 6.82. The number of hydrogen-bond acceptors (Lipinski definition) is 6. The standard InChI is InChI=1S/C21H19N3O3S2/c22-12-17-16-5-4-15(27-21(26)24-8-1-2-9-24)11-18(16)29-20(17)23-19(25)6-3-14-7-10-28-13-14/h1-3,6-7,10,13,15H,4-5,8-9,11H2,(H,23,25). The van der Waals surface area contributed by atoms with Crippen LogP contribution in [0.5, 0.6) is 0 Å². The number of amides is 2. The van der Waals surface area contributed by atoms with Gasteiger partial charge in [0.2, 0.25) is 5.91 Å². The molecule has 2 aromatic rings. The Balaban J connectivity index is 1.42. The highest BCUT2D eigenvalue weighted by Gasteiger charge is 2.29. The minimum atomic E-state index is -0.299. The van der Waals surface area contributed by atoms with Crippen LogP contribution in [0.4, 0.5) is 9.80 Å². The van der Waals surface area contributed by atoms with E-state index in [1.807, 2.05) is 29.0 Å². The number of ether oxygens (including phenoxy) is 1. The molecule has 1 unspecified atom stereocenters. The fraction of sp³-hybridized carbons (Fsp3) is 0.286. The largest absolute Gasteiger partial charge is 0.446 e. The van der Waals surface area contributed by atoms with Gasteiger partial charge in [0.1, 0.15) is 17.2 Å². The van der Waals surface area contributed by atoms with Crippen LogP contribution >= 0.6 is 22.7 Å². The van der Waals surface area contributed by atoms with Crippen LogP contribution in [0.2, 0.25) is 0 Å². The molecule has 0 bridgehead atoms. The van der Waals surface area contributed by atoms with Gasteiger partial charge in [-0.2, -0.15) is 16.6 Å². The first-order valence-corrected chi connectivity index (χ1v) is 11.1. The zero-order valence-corrected chi connectivity index (χ0v) is 17.2. The average molecular weight is 426 g/mol. The van der Waals surface area contributed by atoms with Crippen molar-refractivity contribution < 1.29 is 14.3 Å².